The van der Waals surface area contributed by atoms with Gasteiger partial charge in [0.15, 0.2) is 11.5 Å². The predicted molar refractivity (Wildman–Crippen MR) is 102 cm³/mol. The van der Waals surface area contributed by atoms with Crippen LogP contribution in [-0.2, 0) is 9.53 Å². The van der Waals surface area contributed by atoms with Crippen molar-refractivity contribution in [3.63, 3.8) is 0 Å². The van der Waals surface area contributed by atoms with Crippen molar-refractivity contribution in [3.8, 4) is 23.0 Å². The third-order valence-corrected chi connectivity index (χ3v) is 4.77. The van der Waals surface area contributed by atoms with E-state index in [4.69, 9.17) is 9.26 Å². The molecule has 0 N–H and O–H groups in total. The van der Waals surface area contributed by atoms with E-state index < -0.39 is 0 Å². The fraction of sp³-hybridized carbons (Fsp3) is 0.350. The minimum Gasteiger partial charge on any atom is -0.466 e. The summed E-state index contributed by atoms with van der Waals surface area (Å²) in [6.45, 7) is 3.75. The molecule has 0 amide bonds. The van der Waals surface area contributed by atoms with Gasteiger partial charge in [0.1, 0.15) is 0 Å². The first-order valence-electron chi connectivity index (χ1n) is 9.39. The van der Waals surface area contributed by atoms with Gasteiger partial charge in [-0.25, -0.2) is 0 Å². The molecule has 1 aliphatic heterocycles. The lowest BCUT2D eigenvalue weighted by molar-refractivity contribution is -0.148. The molecule has 1 fully saturated rings. The number of carbonyl (C=O) groups excluding carboxylic acids is 1. The van der Waals surface area contributed by atoms with E-state index in [0.717, 1.165) is 37.3 Å². The highest BCUT2D eigenvalue weighted by molar-refractivity contribution is 5.72. The summed E-state index contributed by atoms with van der Waals surface area (Å²) in [7, 11) is 0. The number of carbonyl (C=O) groups is 1. The lowest BCUT2D eigenvalue weighted by Gasteiger charge is -2.31. The van der Waals surface area contributed by atoms with Crippen molar-refractivity contribution in [1.82, 2.24) is 20.3 Å². The second-order valence-electron chi connectivity index (χ2n) is 6.58. The van der Waals surface area contributed by atoms with Crippen LogP contribution in [0.15, 0.2) is 47.0 Å². The van der Waals surface area contributed by atoms with E-state index >= 15 is 0 Å². The molecule has 4 rings (SSSR count). The standard InChI is InChI=1S/C20H21N5O3/c1-2-27-20(26)15-10-12-25(13-11-15)17-9-8-16(22-23-17)19-21-18(24-28-19)14-6-4-3-5-7-14/h3-9,15H,2,10-13H2,1H3. The second kappa shape index (κ2) is 8.16. The molecular weight excluding hydrogens is 358 g/mol. The van der Waals surface area contributed by atoms with Crippen LogP contribution in [0.2, 0.25) is 0 Å². The van der Waals surface area contributed by atoms with Gasteiger partial charge in [-0.15, -0.1) is 10.2 Å². The summed E-state index contributed by atoms with van der Waals surface area (Å²) in [5.41, 5.74) is 1.41. The van der Waals surface area contributed by atoms with Crippen LogP contribution >= 0.6 is 0 Å². The molecular formula is C20H21N5O3. The number of hydrogen-bond acceptors (Lipinski definition) is 8. The molecule has 2 aromatic heterocycles. The molecule has 0 spiro atoms. The maximum atomic E-state index is 11.9. The topological polar surface area (TPSA) is 94.2 Å². The Morgan fingerprint density at radius 3 is 2.61 bits per heavy atom. The zero-order valence-electron chi connectivity index (χ0n) is 15.6. The third kappa shape index (κ3) is 3.85. The summed E-state index contributed by atoms with van der Waals surface area (Å²) in [5.74, 6) is 1.49. The van der Waals surface area contributed by atoms with Crippen molar-refractivity contribution < 1.29 is 14.1 Å². The van der Waals surface area contributed by atoms with Gasteiger partial charge in [-0.2, -0.15) is 4.98 Å². The lowest BCUT2D eigenvalue weighted by Crippen LogP contribution is -2.37. The molecule has 0 unspecified atom stereocenters. The molecule has 144 valence electrons. The maximum Gasteiger partial charge on any atom is 0.309 e. The molecule has 1 aliphatic rings. The van der Waals surface area contributed by atoms with Gasteiger partial charge in [-0.3, -0.25) is 4.79 Å². The normalized spacial score (nSPS) is 14.8. The average Bonchev–Trinajstić information content (AvgIpc) is 3.25. The van der Waals surface area contributed by atoms with Crippen molar-refractivity contribution in [3.05, 3.63) is 42.5 Å². The molecule has 1 aromatic carbocycles. The largest absolute Gasteiger partial charge is 0.466 e. The molecule has 8 heteroatoms. The van der Waals surface area contributed by atoms with Crippen molar-refractivity contribution >= 4 is 11.8 Å². The summed E-state index contributed by atoms with van der Waals surface area (Å²) < 4.78 is 10.4. The highest BCUT2D eigenvalue weighted by atomic mass is 16.5. The second-order valence-corrected chi connectivity index (χ2v) is 6.58. The highest BCUT2D eigenvalue weighted by Gasteiger charge is 2.26. The summed E-state index contributed by atoms with van der Waals surface area (Å²) in [5, 5.41) is 12.5. The van der Waals surface area contributed by atoms with E-state index in [9.17, 15) is 4.79 Å². The molecule has 28 heavy (non-hydrogen) atoms. The van der Waals surface area contributed by atoms with E-state index in [1.54, 1.807) is 0 Å². The number of esters is 1. The molecule has 3 aromatic rings. The Labute approximate surface area is 162 Å². The molecule has 0 saturated carbocycles. The van der Waals surface area contributed by atoms with Gasteiger partial charge < -0.3 is 14.2 Å². The Balaban J connectivity index is 1.41. The zero-order chi connectivity index (χ0) is 19.3. The van der Waals surface area contributed by atoms with Crippen molar-refractivity contribution in [2.24, 2.45) is 5.92 Å². The molecule has 1 saturated heterocycles. The Kier molecular flexibility index (Phi) is 5.27. The SMILES string of the molecule is CCOC(=O)C1CCN(c2ccc(-c3nc(-c4ccccc4)no3)nn2)CC1. The van der Waals surface area contributed by atoms with E-state index in [0.29, 0.717) is 24.0 Å². The molecule has 8 nitrogen and oxygen atoms in total. The maximum absolute atomic E-state index is 11.9. The number of piperidine rings is 1. The minimum atomic E-state index is -0.103. The molecule has 0 radical (unpaired) electrons. The van der Waals surface area contributed by atoms with E-state index in [2.05, 4.69) is 25.2 Å². The molecule has 0 aliphatic carbocycles. The van der Waals surface area contributed by atoms with Gasteiger partial charge in [-0.1, -0.05) is 35.5 Å². The molecule has 0 atom stereocenters. The first-order valence-corrected chi connectivity index (χ1v) is 9.39. The molecule has 3 heterocycles. The Morgan fingerprint density at radius 1 is 1.14 bits per heavy atom. The van der Waals surface area contributed by atoms with Crippen molar-refractivity contribution in [2.45, 2.75) is 19.8 Å². The van der Waals surface area contributed by atoms with Crippen LogP contribution in [0.3, 0.4) is 0 Å². The first kappa shape index (κ1) is 18.1. The van der Waals surface area contributed by atoms with Gasteiger partial charge in [-0.05, 0) is 31.9 Å². The summed E-state index contributed by atoms with van der Waals surface area (Å²) in [4.78, 5) is 18.4. The quantitative estimate of drug-likeness (QED) is 0.625. The monoisotopic (exact) mass is 379 g/mol. The van der Waals surface area contributed by atoms with Gasteiger partial charge in [0, 0.05) is 18.7 Å². The van der Waals surface area contributed by atoms with Crippen molar-refractivity contribution in [1.29, 1.82) is 0 Å². The number of benzene rings is 1. The highest BCUT2D eigenvalue weighted by Crippen LogP contribution is 2.24. The van der Waals surface area contributed by atoms with Crippen LogP contribution in [0.25, 0.3) is 23.0 Å². The number of ether oxygens (including phenoxy) is 1. The smallest absolute Gasteiger partial charge is 0.309 e. The minimum absolute atomic E-state index is 0.0294. The van der Waals surface area contributed by atoms with Gasteiger partial charge in [0.2, 0.25) is 5.82 Å². The van der Waals surface area contributed by atoms with Crippen molar-refractivity contribution in [2.75, 3.05) is 24.6 Å². The number of rotatable bonds is 5. The summed E-state index contributed by atoms with van der Waals surface area (Å²) >= 11 is 0. The Bertz CT molecular complexity index is 919. The van der Waals surface area contributed by atoms with Crippen LogP contribution in [0.1, 0.15) is 19.8 Å². The first-order chi connectivity index (χ1) is 13.7. The van der Waals surface area contributed by atoms with Gasteiger partial charge >= 0.3 is 5.97 Å². The van der Waals surface area contributed by atoms with Crippen LogP contribution in [0, 0.1) is 5.92 Å². The van der Waals surface area contributed by atoms with Crippen LogP contribution in [-0.4, -0.2) is 46.0 Å². The number of anilines is 1. The summed E-state index contributed by atoms with van der Waals surface area (Å²) in [6.07, 6.45) is 1.51. The number of aromatic nitrogens is 4. The average molecular weight is 379 g/mol. The fourth-order valence-electron chi connectivity index (χ4n) is 3.24. The van der Waals surface area contributed by atoms with Crippen LogP contribution in [0.5, 0.6) is 0 Å². The van der Waals surface area contributed by atoms with E-state index in [1.165, 1.54) is 0 Å². The van der Waals surface area contributed by atoms with Crippen LogP contribution < -0.4 is 4.90 Å². The van der Waals surface area contributed by atoms with Gasteiger partial charge in [0.05, 0.1) is 12.5 Å². The van der Waals surface area contributed by atoms with Gasteiger partial charge in [0.25, 0.3) is 5.89 Å². The van der Waals surface area contributed by atoms with E-state index in [1.807, 2.05) is 49.4 Å². The molecule has 0 bridgehead atoms. The predicted octanol–water partition coefficient (Wildman–Crippen LogP) is 2.97. The number of hydrogen-bond donors (Lipinski definition) is 0. The van der Waals surface area contributed by atoms with E-state index in [-0.39, 0.29) is 11.9 Å². The Hall–Kier alpha value is -3.29. The zero-order valence-corrected chi connectivity index (χ0v) is 15.6. The number of nitrogens with zero attached hydrogens (tertiary/aromatic N) is 5. The third-order valence-electron chi connectivity index (χ3n) is 4.77. The van der Waals surface area contributed by atoms with Crippen LogP contribution in [0.4, 0.5) is 5.82 Å². The summed E-state index contributed by atoms with van der Waals surface area (Å²) in [6, 6.07) is 13.3. The fourth-order valence-corrected chi connectivity index (χ4v) is 3.24. The Morgan fingerprint density at radius 2 is 1.93 bits per heavy atom. The lowest BCUT2D eigenvalue weighted by atomic mass is 9.97.